The molecule has 0 spiro atoms. The second kappa shape index (κ2) is 9.37. The average molecular weight is 460 g/mol. The highest BCUT2D eigenvalue weighted by atomic mass is 32.1. The van der Waals surface area contributed by atoms with Crippen molar-refractivity contribution < 1.29 is 14.3 Å². The second-order valence-corrected chi connectivity index (χ2v) is 8.14. The van der Waals surface area contributed by atoms with E-state index in [9.17, 15) is 9.59 Å². The highest BCUT2D eigenvalue weighted by molar-refractivity contribution is 7.71. The van der Waals surface area contributed by atoms with Gasteiger partial charge in [-0.3, -0.25) is 30.1 Å². The number of rotatable bonds is 5. The number of H-pyrrole nitrogens is 1. The summed E-state index contributed by atoms with van der Waals surface area (Å²) in [6, 6.07) is 7.73. The molecule has 0 saturated carbocycles. The number of nitrogens with zero attached hydrogens (tertiary/aromatic N) is 4. The van der Waals surface area contributed by atoms with Gasteiger partial charge in [-0.25, -0.2) is 4.98 Å². The van der Waals surface area contributed by atoms with E-state index in [2.05, 4.69) is 30.9 Å². The van der Waals surface area contributed by atoms with Gasteiger partial charge in [0.25, 0.3) is 11.8 Å². The van der Waals surface area contributed by atoms with Gasteiger partial charge in [0, 0.05) is 24.0 Å². The molecule has 0 bridgehead atoms. The van der Waals surface area contributed by atoms with Gasteiger partial charge in [0.1, 0.15) is 12.2 Å². The van der Waals surface area contributed by atoms with Gasteiger partial charge in [0.15, 0.2) is 15.7 Å². The van der Waals surface area contributed by atoms with Crippen LogP contribution in [0.3, 0.4) is 0 Å². The minimum absolute atomic E-state index is 0.102. The summed E-state index contributed by atoms with van der Waals surface area (Å²) in [7, 11) is 0. The zero-order valence-corrected chi connectivity index (χ0v) is 18.4. The molecule has 4 rings (SSSR count). The number of aromatic amines is 1. The standard InChI is InChI=1S/C19H21N7O3S2/c1-12-2-4-13(5-3-12)16-22-24-18(30)26(16)10-15(27)21-23-17(28)14-11-31-19(20-14)25-6-8-29-9-7-25/h2-5,11H,6-10H2,1H3,(H,21,27)(H,23,28)(H,24,30). The fraction of sp³-hybridized carbons (Fsp3) is 0.316. The molecule has 1 aromatic carbocycles. The number of ether oxygens (including phenoxy) is 1. The number of morpholine rings is 1. The Labute approximate surface area is 187 Å². The van der Waals surface area contributed by atoms with Gasteiger partial charge in [-0.1, -0.05) is 29.8 Å². The van der Waals surface area contributed by atoms with Crippen LogP contribution in [0.5, 0.6) is 0 Å². The Bertz CT molecular complexity index is 1130. The molecule has 10 nitrogen and oxygen atoms in total. The molecule has 0 atom stereocenters. The molecule has 2 aromatic heterocycles. The molecule has 3 heterocycles. The number of benzene rings is 1. The fourth-order valence-corrected chi connectivity index (χ4v) is 4.09. The fourth-order valence-electron chi connectivity index (χ4n) is 3.03. The van der Waals surface area contributed by atoms with Crippen molar-refractivity contribution in [1.82, 2.24) is 30.6 Å². The molecule has 1 fully saturated rings. The summed E-state index contributed by atoms with van der Waals surface area (Å²) in [4.78, 5) is 31.2. The number of hydrogen-bond acceptors (Lipinski definition) is 8. The maximum absolute atomic E-state index is 12.4. The topological polar surface area (TPSA) is 117 Å². The quantitative estimate of drug-likeness (QED) is 0.392. The van der Waals surface area contributed by atoms with Crippen LogP contribution in [0, 0.1) is 11.7 Å². The smallest absolute Gasteiger partial charge is 0.289 e. The first-order valence-corrected chi connectivity index (χ1v) is 10.9. The van der Waals surface area contributed by atoms with Gasteiger partial charge < -0.3 is 9.64 Å². The van der Waals surface area contributed by atoms with Crippen LogP contribution in [0.15, 0.2) is 29.6 Å². The van der Waals surface area contributed by atoms with Crippen LogP contribution in [-0.2, 0) is 16.1 Å². The molecule has 3 N–H and O–H groups in total. The Balaban J connectivity index is 1.36. The summed E-state index contributed by atoms with van der Waals surface area (Å²) in [5, 5.41) is 9.34. The summed E-state index contributed by atoms with van der Waals surface area (Å²) < 4.78 is 7.21. The first-order valence-electron chi connectivity index (χ1n) is 9.61. The van der Waals surface area contributed by atoms with Crippen LogP contribution in [0.25, 0.3) is 11.4 Å². The summed E-state index contributed by atoms with van der Waals surface area (Å²) in [5.74, 6) is -0.386. The van der Waals surface area contributed by atoms with E-state index < -0.39 is 11.8 Å². The predicted molar refractivity (Wildman–Crippen MR) is 118 cm³/mol. The molecular formula is C19H21N7O3S2. The molecule has 2 amide bonds. The number of thiazole rings is 1. The van der Waals surface area contributed by atoms with Crippen LogP contribution < -0.4 is 15.8 Å². The van der Waals surface area contributed by atoms with Crippen molar-refractivity contribution in [3.63, 3.8) is 0 Å². The van der Waals surface area contributed by atoms with Crippen LogP contribution >= 0.6 is 23.6 Å². The van der Waals surface area contributed by atoms with E-state index >= 15 is 0 Å². The zero-order chi connectivity index (χ0) is 21.8. The van der Waals surface area contributed by atoms with E-state index in [1.54, 1.807) is 9.95 Å². The molecule has 3 aromatic rings. The lowest BCUT2D eigenvalue weighted by Crippen LogP contribution is -2.43. The third kappa shape index (κ3) is 4.98. The third-order valence-electron chi connectivity index (χ3n) is 4.69. The SMILES string of the molecule is Cc1ccc(-c2n[nH]c(=S)n2CC(=O)NNC(=O)c2csc(N3CCOCC3)n2)cc1. The molecule has 0 unspecified atom stereocenters. The number of nitrogens with one attached hydrogen (secondary N) is 3. The van der Waals surface area contributed by atoms with E-state index in [-0.39, 0.29) is 12.2 Å². The van der Waals surface area contributed by atoms with Crippen molar-refractivity contribution in [1.29, 1.82) is 0 Å². The minimum Gasteiger partial charge on any atom is -0.378 e. The Morgan fingerprint density at radius 2 is 1.97 bits per heavy atom. The Kier molecular flexibility index (Phi) is 6.39. The number of amides is 2. The highest BCUT2D eigenvalue weighted by Gasteiger charge is 2.18. The summed E-state index contributed by atoms with van der Waals surface area (Å²) in [6.07, 6.45) is 0. The molecule has 1 aliphatic heterocycles. The molecule has 1 aliphatic rings. The lowest BCUT2D eigenvalue weighted by Gasteiger charge is -2.25. The van der Waals surface area contributed by atoms with E-state index in [4.69, 9.17) is 17.0 Å². The molecule has 12 heteroatoms. The Morgan fingerprint density at radius 1 is 1.23 bits per heavy atom. The second-order valence-electron chi connectivity index (χ2n) is 6.92. The number of hydrazine groups is 1. The van der Waals surface area contributed by atoms with E-state index in [1.807, 2.05) is 31.2 Å². The normalized spacial score (nSPS) is 13.8. The maximum Gasteiger partial charge on any atom is 0.289 e. The molecule has 162 valence electrons. The lowest BCUT2D eigenvalue weighted by molar-refractivity contribution is -0.122. The van der Waals surface area contributed by atoms with Crippen molar-refractivity contribution in [2.45, 2.75) is 13.5 Å². The minimum atomic E-state index is -0.487. The van der Waals surface area contributed by atoms with Crippen molar-refractivity contribution in [2.24, 2.45) is 0 Å². The largest absolute Gasteiger partial charge is 0.378 e. The Hall–Kier alpha value is -3.09. The highest BCUT2D eigenvalue weighted by Crippen LogP contribution is 2.21. The summed E-state index contributed by atoms with van der Waals surface area (Å²) in [5.41, 5.74) is 6.99. The van der Waals surface area contributed by atoms with Gasteiger partial charge in [0.05, 0.1) is 13.2 Å². The Morgan fingerprint density at radius 3 is 2.71 bits per heavy atom. The van der Waals surface area contributed by atoms with E-state index in [0.717, 1.165) is 29.3 Å². The predicted octanol–water partition coefficient (Wildman–Crippen LogP) is 1.67. The number of carbonyl (C=O) groups is 2. The summed E-state index contributed by atoms with van der Waals surface area (Å²) in [6.45, 7) is 4.63. The first-order chi connectivity index (χ1) is 15.0. The molecular weight excluding hydrogens is 438 g/mol. The molecule has 0 aliphatic carbocycles. The van der Waals surface area contributed by atoms with Gasteiger partial charge in [0.2, 0.25) is 0 Å². The number of aromatic nitrogens is 4. The van der Waals surface area contributed by atoms with Crippen LogP contribution in [-0.4, -0.2) is 57.9 Å². The van der Waals surface area contributed by atoms with Gasteiger partial charge in [-0.05, 0) is 19.1 Å². The van der Waals surface area contributed by atoms with Gasteiger partial charge >= 0.3 is 0 Å². The molecule has 1 saturated heterocycles. The van der Waals surface area contributed by atoms with Crippen molar-refractivity contribution in [3.8, 4) is 11.4 Å². The van der Waals surface area contributed by atoms with E-state index in [0.29, 0.717) is 23.8 Å². The third-order valence-corrected chi connectivity index (χ3v) is 5.90. The number of anilines is 1. The van der Waals surface area contributed by atoms with Crippen LogP contribution in [0.1, 0.15) is 16.1 Å². The maximum atomic E-state index is 12.4. The van der Waals surface area contributed by atoms with Crippen molar-refractivity contribution in [2.75, 3.05) is 31.2 Å². The number of aryl methyl sites for hydroxylation is 1. The monoisotopic (exact) mass is 459 g/mol. The van der Waals surface area contributed by atoms with Gasteiger partial charge in [-0.15, -0.1) is 11.3 Å². The molecule has 31 heavy (non-hydrogen) atoms. The lowest BCUT2D eigenvalue weighted by atomic mass is 10.1. The van der Waals surface area contributed by atoms with E-state index in [1.165, 1.54) is 11.3 Å². The number of carbonyl (C=O) groups excluding carboxylic acids is 2. The average Bonchev–Trinajstić information content (AvgIpc) is 3.41. The van der Waals surface area contributed by atoms with Crippen molar-refractivity contribution >= 4 is 40.5 Å². The first kappa shape index (κ1) is 21.2. The summed E-state index contributed by atoms with van der Waals surface area (Å²) >= 11 is 6.63. The van der Waals surface area contributed by atoms with Gasteiger partial charge in [-0.2, -0.15) is 5.10 Å². The van der Waals surface area contributed by atoms with Crippen LogP contribution in [0.4, 0.5) is 5.13 Å². The zero-order valence-electron chi connectivity index (χ0n) is 16.8. The van der Waals surface area contributed by atoms with Crippen LogP contribution in [0.2, 0.25) is 0 Å². The van der Waals surface area contributed by atoms with Crippen molar-refractivity contribution in [3.05, 3.63) is 45.7 Å². The molecule has 0 radical (unpaired) electrons. The number of hydrogen-bond donors (Lipinski definition) is 3.